The molecule has 0 saturated carbocycles. The molecule has 2 aromatic rings. The van der Waals surface area contributed by atoms with Gasteiger partial charge in [0.25, 0.3) is 0 Å². The molecule has 0 radical (unpaired) electrons. The van der Waals surface area contributed by atoms with Gasteiger partial charge in [-0.15, -0.1) is 0 Å². The van der Waals surface area contributed by atoms with E-state index in [1.807, 2.05) is 19.4 Å². The average Bonchev–Trinajstić information content (AvgIpc) is 2.30. The van der Waals surface area contributed by atoms with Gasteiger partial charge in [-0.1, -0.05) is 18.2 Å². The molecule has 2 heteroatoms. The van der Waals surface area contributed by atoms with E-state index in [2.05, 4.69) is 48.4 Å². The normalized spacial score (nSPS) is 10.5. The molecule has 0 aliphatic carbocycles. The summed E-state index contributed by atoms with van der Waals surface area (Å²) < 4.78 is 0. The molecule has 0 fully saturated rings. The summed E-state index contributed by atoms with van der Waals surface area (Å²) in [5.74, 6) is 0. The minimum atomic E-state index is 0.853. The molecule has 1 heterocycles. The minimum absolute atomic E-state index is 0.853. The van der Waals surface area contributed by atoms with Crippen LogP contribution in [0.2, 0.25) is 0 Å². The number of nitrogens with one attached hydrogen (secondary N) is 1. The average molecular weight is 226 g/mol. The van der Waals surface area contributed by atoms with Gasteiger partial charge in [-0.2, -0.15) is 0 Å². The predicted molar refractivity (Wildman–Crippen MR) is 71.9 cm³/mol. The zero-order valence-electron chi connectivity index (χ0n) is 10.6. The first kappa shape index (κ1) is 11.8. The lowest BCUT2D eigenvalue weighted by Crippen LogP contribution is -2.05. The van der Waals surface area contributed by atoms with Gasteiger partial charge in [-0.05, 0) is 49.2 Å². The van der Waals surface area contributed by atoms with E-state index >= 15 is 0 Å². The summed E-state index contributed by atoms with van der Waals surface area (Å²) in [5, 5.41) is 3.15. The Morgan fingerprint density at radius 2 is 1.82 bits per heavy atom. The van der Waals surface area contributed by atoms with Gasteiger partial charge in [0.05, 0.1) is 0 Å². The molecule has 88 valence electrons. The van der Waals surface area contributed by atoms with Crippen molar-refractivity contribution in [3.05, 3.63) is 53.3 Å². The maximum atomic E-state index is 4.32. The Hall–Kier alpha value is -1.67. The Labute approximate surface area is 103 Å². The second-order valence-electron chi connectivity index (χ2n) is 4.38. The molecule has 1 aromatic carbocycles. The third-order valence-corrected chi connectivity index (χ3v) is 2.95. The van der Waals surface area contributed by atoms with E-state index in [1.54, 1.807) is 0 Å². The molecule has 17 heavy (non-hydrogen) atoms. The summed E-state index contributed by atoms with van der Waals surface area (Å²) in [6.07, 6.45) is 3.85. The van der Waals surface area contributed by atoms with Crippen molar-refractivity contribution in [2.24, 2.45) is 0 Å². The van der Waals surface area contributed by atoms with Crippen molar-refractivity contribution < 1.29 is 0 Å². The lowest BCUT2D eigenvalue weighted by atomic mass is 9.96. The van der Waals surface area contributed by atoms with E-state index in [0.29, 0.717) is 0 Å². The Morgan fingerprint density at radius 1 is 1.12 bits per heavy atom. The predicted octanol–water partition coefficient (Wildman–Crippen LogP) is 3.08. The SMILES string of the molecule is CNCc1cncc(-c2c(C)cccc2C)c1. The summed E-state index contributed by atoms with van der Waals surface area (Å²) in [5.41, 5.74) is 6.32. The van der Waals surface area contributed by atoms with Gasteiger partial charge in [0, 0.05) is 24.5 Å². The van der Waals surface area contributed by atoms with Crippen LogP contribution in [0.15, 0.2) is 36.7 Å². The molecule has 1 N–H and O–H groups in total. The van der Waals surface area contributed by atoms with Crippen molar-refractivity contribution in [3.8, 4) is 11.1 Å². The maximum absolute atomic E-state index is 4.32. The number of aromatic nitrogens is 1. The second-order valence-corrected chi connectivity index (χ2v) is 4.38. The van der Waals surface area contributed by atoms with Gasteiger partial charge in [-0.3, -0.25) is 4.98 Å². The fourth-order valence-corrected chi connectivity index (χ4v) is 2.19. The largest absolute Gasteiger partial charge is 0.316 e. The van der Waals surface area contributed by atoms with Crippen molar-refractivity contribution in [3.63, 3.8) is 0 Å². The number of benzene rings is 1. The summed E-state index contributed by atoms with van der Waals surface area (Å²) in [7, 11) is 1.95. The highest BCUT2D eigenvalue weighted by atomic mass is 14.8. The molecule has 0 aliphatic rings. The van der Waals surface area contributed by atoms with E-state index in [-0.39, 0.29) is 0 Å². The molecule has 0 saturated heterocycles. The number of aryl methyl sites for hydroxylation is 2. The Morgan fingerprint density at radius 3 is 2.47 bits per heavy atom. The van der Waals surface area contributed by atoms with E-state index in [0.717, 1.165) is 6.54 Å². The molecular weight excluding hydrogens is 208 g/mol. The molecule has 0 bridgehead atoms. The van der Waals surface area contributed by atoms with Crippen molar-refractivity contribution in [1.82, 2.24) is 10.3 Å². The first-order valence-corrected chi connectivity index (χ1v) is 5.87. The highest BCUT2D eigenvalue weighted by molar-refractivity contribution is 5.70. The monoisotopic (exact) mass is 226 g/mol. The van der Waals surface area contributed by atoms with Crippen LogP contribution in [-0.4, -0.2) is 12.0 Å². The molecular formula is C15H18N2. The third kappa shape index (κ3) is 2.53. The van der Waals surface area contributed by atoms with E-state index in [4.69, 9.17) is 0 Å². The minimum Gasteiger partial charge on any atom is -0.316 e. The van der Waals surface area contributed by atoms with Crippen molar-refractivity contribution in [2.45, 2.75) is 20.4 Å². The van der Waals surface area contributed by atoms with Crippen LogP contribution in [0.1, 0.15) is 16.7 Å². The lowest BCUT2D eigenvalue weighted by Gasteiger charge is -2.10. The topological polar surface area (TPSA) is 24.9 Å². The molecule has 2 nitrogen and oxygen atoms in total. The number of pyridine rings is 1. The van der Waals surface area contributed by atoms with Gasteiger partial charge in [0.1, 0.15) is 0 Å². The molecule has 1 aromatic heterocycles. The Kier molecular flexibility index (Phi) is 3.55. The smallest absolute Gasteiger partial charge is 0.0346 e. The van der Waals surface area contributed by atoms with Crippen LogP contribution in [0.5, 0.6) is 0 Å². The fraction of sp³-hybridized carbons (Fsp3) is 0.267. The number of hydrogen-bond acceptors (Lipinski definition) is 2. The molecule has 0 amide bonds. The highest BCUT2D eigenvalue weighted by Crippen LogP contribution is 2.26. The van der Waals surface area contributed by atoms with Gasteiger partial charge in [0.15, 0.2) is 0 Å². The molecule has 2 rings (SSSR count). The van der Waals surface area contributed by atoms with E-state index in [9.17, 15) is 0 Å². The zero-order chi connectivity index (χ0) is 12.3. The van der Waals surface area contributed by atoms with Crippen molar-refractivity contribution >= 4 is 0 Å². The van der Waals surface area contributed by atoms with Crippen LogP contribution in [0.25, 0.3) is 11.1 Å². The van der Waals surface area contributed by atoms with Crippen molar-refractivity contribution in [1.29, 1.82) is 0 Å². The van der Waals surface area contributed by atoms with Gasteiger partial charge in [0.2, 0.25) is 0 Å². The van der Waals surface area contributed by atoms with E-state index < -0.39 is 0 Å². The van der Waals surface area contributed by atoms with E-state index in [1.165, 1.54) is 27.8 Å². The standard InChI is InChI=1S/C15H18N2/c1-11-5-4-6-12(2)15(11)14-7-13(8-16-3)9-17-10-14/h4-7,9-10,16H,8H2,1-3H3. The van der Waals surface area contributed by atoms with Crippen LogP contribution in [-0.2, 0) is 6.54 Å². The van der Waals surface area contributed by atoms with Crippen LogP contribution < -0.4 is 5.32 Å². The summed E-state index contributed by atoms with van der Waals surface area (Å²) in [6, 6.07) is 8.60. The van der Waals surface area contributed by atoms with Crippen LogP contribution in [0.4, 0.5) is 0 Å². The number of nitrogens with zero attached hydrogens (tertiary/aromatic N) is 1. The maximum Gasteiger partial charge on any atom is 0.0346 e. The number of hydrogen-bond donors (Lipinski definition) is 1. The summed E-state index contributed by atoms with van der Waals surface area (Å²) in [6.45, 7) is 5.14. The molecule has 0 atom stereocenters. The van der Waals surface area contributed by atoms with Gasteiger partial charge in [-0.25, -0.2) is 0 Å². The second kappa shape index (κ2) is 5.11. The first-order valence-electron chi connectivity index (χ1n) is 5.87. The Balaban J connectivity index is 2.49. The van der Waals surface area contributed by atoms with Crippen LogP contribution in [0, 0.1) is 13.8 Å². The third-order valence-electron chi connectivity index (χ3n) is 2.95. The van der Waals surface area contributed by atoms with Crippen LogP contribution >= 0.6 is 0 Å². The van der Waals surface area contributed by atoms with Gasteiger partial charge < -0.3 is 5.32 Å². The summed E-state index contributed by atoms with van der Waals surface area (Å²) >= 11 is 0. The Bertz CT molecular complexity index is 498. The number of rotatable bonds is 3. The van der Waals surface area contributed by atoms with Crippen molar-refractivity contribution in [2.75, 3.05) is 7.05 Å². The van der Waals surface area contributed by atoms with Gasteiger partial charge >= 0.3 is 0 Å². The molecule has 0 spiro atoms. The lowest BCUT2D eigenvalue weighted by molar-refractivity contribution is 0.813. The molecule has 0 aliphatic heterocycles. The fourth-order valence-electron chi connectivity index (χ4n) is 2.19. The van der Waals surface area contributed by atoms with Crippen LogP contribution in [0.3, 0.4) is 0 Å². The highest BCUT2D eigenvalue weighted by Gasteiger charge is 2.06. The first-order chi connectivity index (χ1) is 8.22. The quantitative estimate of drug-likeness (QED) is 0.870. The molecule has 0 unspecified atom stereocenters. The summed E-state index contributed by atoms with van der Waals surface area (Å²) in [4.78, 5) is 4.32. The zero-order valence-corrected chi connectivity index (χ0v) is 10.6.